The first kappa shape index (κ1) is 13.7. The molecule has 2 aromatic rings. The number of hydrogen-bond donors (Lipinski definition) is 1. The Morgan fingerprint density at radius 3 is 2.55 bits per heavy atom. The number of amides is 1. The molecule has 6 heteroatoms. The number of hydrogen-bond acceptors (Lipinski definition) is 4. The number of nitro groups is 1. The molecule has 1 amide bonds. The number of aromatic nitrogens is 1. The molecular formula is C14H13N3O3. The third kappa shape index (κ3) is 2.80. The highest BCUT2D eigenvalue weighted by atomic mass is 16.6. The van der Waals surface area contributed by atoms with Crippen molar-refractivity contribution in [3.8, 4) is 0 Å². The summed E-state index contributed by atoms with van der Waals surface area (Å²) in [6, 6.07) is 9.82. The molecule has 0 bridgehead atoms. The fourth-order valence-electron chi connectivity index (χ4n) is 1.88. The van der Waals surface area contributed by atoms with Crippen molar-refractivity contribution >= 4 is 17.4 Å². The number of benzene rings is 1. The SMILES string of the molecule is Cc1cccc(NC(=O)c2cccc(C)c2[N+](=O)[O-])n1. The van der Waals surface area contributed by atoms with Crippen LogP contribution in [0.5, 0.6) is 0 Å². The molecule has 1 aromatic heterocycles. The average molecular weight is 271 g/mol. The van der Waals surface area contributed by atoms with Gasteiger partial charge in [-0.3, -0.25) is 14.9 Å². The number of anilines is 1. The molecule has 0 fully saturated rings. The largest absolute Gasteiger partial charge is 0.306 e. The first-order valence-corrected chi connectivity index (χ1v) is 5.98. The van der Waals surface area contributed by atoms with Gasteiger partial charge in [-0.15, -0.1) is 0 Å². The van der Waals surface area contributed by atoms with Crippen LogP contribution >= 0.6 is 0 Å². The van der Waals surface area contributed by atoms with E-state index in [-0.39, 0.29) is 11.3 Å². The van der Waals surface area contributed by atoms with Gasteiger partial charge in [0, 0.05) is 11.3 Å². The van der Waals surface area contributed by atoms with Gasteiger partial charge >= 0.3 is 0 Å². The maximum absolute atomic E-state index is 12.1. The Bertz CT molecular complexity index is 683. The quantitative estimate of drug-likeness (QED) is 0.687. The third-order valence-corrected chi connectivity index (χ3v) is 2.79. The second-order valence-electron chi connectivity index (χ2n) is 4.35. The molecular weight excluding hydrogens is 258 g/mol. The molecule has 0 aliphatic rings. The van der Waals surface area contributed by atoms with Gasteiger partial charge in [-0.1, -0.05) is 18.2 Å². The second kappa shape index (κ2) is 5.48. The smallest absolute Gasteiger partial charge is 0.285 e. The van der Waals surface area contributed by atoms with Crippen LogP contribution in [0.15, 0.2) is 36.4 Å². The second-order valence-corrected chi connectivity index (χ2v) is 4.35. The molecule has 0 radical (unpaired) electrons. The van der Waals surface area contributed by atoms with Crippen LogP contribution in [-0.2, 0) is 0 Å². The lowest BCUT2D eigenvalue weighted by molar-refractivity contribution is -0.385. The molecule has 1 heterocycles. The Kier molecular flexibility index (Phi) is 3.74. The molecule has 6 nitrogen and oxygen atoms in total. The van der Waals surface area contributed by atoms with Gasteiger partial charge in [-0.2, -0.15) is 0 Å². The Morgan fingerprint density at radius 2 is 1.90 bits per heavy atom. The van der Waals surface area contributed by atoms with Crippen LogP contribution in [0.4, 0.5) is 11.5 Å². The van der Waals surface area contributed by atoms with Crippen molar-refractivity contribution in [2.75, 3.05) is 5.32 Å². The molecule has 0 saturated heterocycles. The highest BCUT2D eigenvalue weighted by Crippen LogP contribution is 2.23. The van der Waals surface area contributed by atoms with Crippen LogP contribution in [0.3, 0.4) is 0 Å². The van der Waals surface area contributed by atoms with Crippen molar-refractivity contribution in [3.05, 3.63) is 63.3 Å². The Morgan fingerprint density at radius 1 is 1.20 bits per heavy atom. The van der Waals surface area contributed by atoms with E-state index in [1.807, 2.05) is 0 Å². The number of aryl methyl sites for hydroxylation is 2. The highest BCUT2D eigenvalue weighted by molar-refractivity contribution is 6.06. The van der Waals surface area contributed by atoms with Crippen LogP contribution in [0.25, 0.3) is 0 Å². The summed E-state index contributed by atoms with van der Waals surface area (Å²) in [6.07, 6.45) is 0. The molecule has 1 N–H and O–H groups in total. The topological polar surface area (TPSA) is 85.1 Å². The monoisotopic (exact) mass is 271 g/mol. The molecule has 0 atom stereocenters. The van der Waals surface area contributed by atoms with Gasteiger partial charge < -0.3 is 5.32 Å². The van der Waals surface area contributed by atoms with E-state index < -0.39 is 10.8 Å². The van der Waals surface area contributed by atoms with Crippen molar-refractivity contribution in [2.45, 2.75) is 13.8 Å². The minimum absolute atomic E-state index is 0.0262. The van der Waals surface area contributed by atoms with Crippen molar-refractivity contribution < 1.29 is 9.72 Å². The van der Waals surface area contributed by atoms with Crippen LogP contribution in [0.2, 0.25) is 0 Å². The van der Waals surface area contributed by atoms with Gasteiger partial charge in [0.25, 0.3) is 11.6 Å². The van der Waals surface area contributed by atoms with Crippen molar-refractivity contribution in [1.82, 2.24) is 4.98 Å². The van der Waals surface area contributed by atoms with E-state index in [0.717, 1.165) is 5.69 Å². The average Bonchev–Trinajstić information content (AvgIpc) is 2.37. The number of nitrogens with zero attached hydrogens (tertiary/aromatic N) is 2. The predicted molar refractivity (Wildman–Crippen MR) is 74.8 cm³/mol. The number of rotatable bonds is 3. The zero-order valence-corrected chi connectivity index (χ0v) is 11.1. The number of para-hydroxylation sites is 1. The molecule has 20 heavy (non-hydrogen) atoms. The zero-order valence-electron chi connectivity index (χ0n) is 11.1. The maximum atomic E-state index is 12.1. The number of carbonyl (C=O) groups is 1. The lowest BCUT2D eigenvalue weighted by atomic mass is 10.1. The van der Waals surface area contributed by atoms with E-state index in [2.05, 4.69) is 10.3 Å². The summed E-state index contributed by atoms with van der Waals surface area (Å²) in [5.41, 5.74) is 1.04. The molecule has 0 aliphatic heterocycles. The first-order valence-electron chi connectivity index (χ1n) is 5.98. The summed E-state index contributed by atoms with van der Waals surface area (Å²) in [6.45, 7) is 3.39. The molecule has 0 saturated carbocycles. The lowest BCUT2D eigenvalue weighted by Crippen LogP contribution is -2.15. The Hall–Kier alpha value is -2.76. The minimum Gasteiger partial charge on any atom is -0.306 e. The predicted octanol–water partition coefficient (Wildman–Crippen LogP) is 2.86. The number of nitrogens with one attached hydrogen (secondary N) is 1. The van der Waals surface area contributed by atoms with Gasteiger partial charge in [0.15, 0.2) is 0 Å². The fourth-order valence-corrected chi connectivity index (χ4v) is 1.88. The first-order chi connectivity index (χ1) is 9.49. The van der Waals surface area contributed by atoms with Crippen LogP contribution in [0.1, 0.15) is 21.6 Å². The van der Waals surface area contributed by atoms with Gasteiger partial charge in [-0.05, 0) is 32.0 Å². The van der Waals surface area contributed by atoms with E-state index in [1.165, 1.54) is 6.07 Å². The van der Waals surface area contributed by atoms with Gasteiger partial charge in [0.05, 0.1) is 4.92 Å². The summed E-state index contributed by atoms with van der Waals surface area (Å²) < 4.78 is 0. The lowest BCUT2D eigenvalue weighted by Gasteiger charge is -2.07. The molecule has 0 unspecified atom stereocenters. The van der Waals surface area contributed by atoms with Crippen LogP contribution < -0.4 is 5.32 Å². The molecule has 0 aliphatic carbocycles. The van der Waals surface area contributed by atoms with E-state index >= 15 is 0 Å². The van der Waals surface area contributed by atoms with Crippen molar-refractivity contribution in [3.63, 3.8) is 0 Å². The van der Waals surface area contributed by atoms with Crippen molar-refractivity contribution in [1.29, 1.82) is 0 Å². The standard InChI is InChI=1S/C14H13N3O3/c1-9-5-3-7-11(13(9)17(19)20)14(18)16-12-8-4-6-10(2)15-12/h3-8H,1-2H3,(H,15,16,18). The third-order valence-electron chi connectivity index (χ3n) is 2.79. The van der Waals surface area contributed by atoms with E-state index in [0.29, 0.717) is 11.4 Å². The Balaban J connectivity index is 2.35. The van der Waals surface area contributed by atoms with Crippen LogP contribution in [-0.4, -0.2) is 15.8 Å². The molecule has 0 spiro atoms. The van der Waals surface area contributed by atoms with Gasteiger partial charge in [-0.25, -0.2) is 4.98 Å². The molecule has 1 aromatic carbocycles. The van der Waals surface area contributed by atoms with Crippen LogP contribution in [0, 0.1) is 24.0 Å². The van der Waals surface area contributed by atoms with Gasteiger partial charge in [0.2, 0.25) is 0 Å². The Labute approximate surface area is 115 Å². The minimum atomic E-state index is -0.548. The summed E-state index contributed by atoms with van der Waals surface area (Å²) in [5, 5.41) is 13.6. The van der Waals surface area contributed by atoms with E-state index in [4.69, 9.17) is 0 Å². The summed E-state index contributed by atoms with van der Waals surface area (Å²) in [5.74, 6) is -0.177. The molecule has 102 valence electrons. The van der Waals surface area contributed by atoms with Gasteiger partial charge in [0.1, 0.15) is 11.4 Å². The molecule has 2 rings (SSSR count). The summed E-state index contributed by atoms with van der Waals surface area (Å²) in [4.78, 5) is 26.8. The van der Waals surface area contributed by atoms with E-state index in [1.54, 1.807) is 44.2 Å². The maximum Gasteiger partial charge on any atom is 0.285 e. The zero-order chi connectivity index (χ0) is 14.7. The number of carbonyl (C=O) groups excluding carboxylic acids is 1. The number of pyridine rings is 1. The normalized spacial score (nSPS) is 10.1. The number of nitro benzene ring substituents is 1. The highest BCUT2D eigenvalue weighted by Gasteiger charge is 2.22. The summed E-state index contributed by atoms with van der Waals surface area (Å²) in [7, 11) is 0. The van der Waals surface area contributed by atoms with E-state index in [9.17, 15) is 14.9 Å². The fraction of sp³-hybridized carbons (Fsp3) is 0.143. The summed E-state index contributed by atoms with van der Waals surface area (Å²) >= 11 is 0. The van der Waals surface area contributed by atoms with Crippen molar-refractivity contribution in [2.24, 2.45) is 0 Å².